The molecular formula is C18H30N4O3. The van der Waals surface area contributed by atoms with E-state index in [4.69, 9.17) is 0 Å². The summed E-state index contributed by atoms with van der Waals surface area (Å²) >= 11 is 0. The second kappa shape index (κ2) is 6.78. The molecule has 1 fully saturated rings. The Hall–Kier alpha value is -1.89. The molecule has 0 aromatic carbocycles. The highest BCUT2D eigenvalue weighted by atomic mass is 16.4. The van der Waals surface area contributed by atoms with Gasteiger partial charge in [-0.05, 0) is 27.1 Å². The maximum atomic E-state index is 12.5. The van der Waals surface area contributed by atoms with Crippen LogP contribution >= 0.6 is 0 Å². The van der Waals surface area contributed by atoms with Gasteiger partial charge in [-0.2, -0.15) is 5.10 Å². The SMILES string of the molecule is C[C@H](C(=O)N1CCC(C(=O)O)(n2ccc(C(C)(C)C)n2)CC1)N(C)C. The fourth-order valence-corrected chi connectivity index (χ4v) is 3.09. The minimum Gasteiger partial charge on any atom is -0.479 e. The summed E-state index contributed by atoms with van der Waals surface area (Å²) in [6, 6.07) is 1.67. The second-order valence-corrected chi connectivity index (χ2v) is 8.20. The molecule has 7 heteroatoms. The van der Waals surface area contributed by atoms with Gasteiger partial charge in [0.05, 0.1) is 11.7 Å². The Labute approximate surface area is 149 Å². The number of aromatic nitrogens is 2. The molecule has 1 amide bonds. The van der Waals surface area contributed by atoms with E-state index in [-0.39, 0.29) is 17.4 Å². The van der Waals surface area contributed by atoms with Crippen molar-refractivity contribution in [3.05, 3.63) is 18.0 Å². The lowest BCUT2D eigenvalue weighted by Crippen LogP contribution is -2.55. The number of carboxylic acids is 1. The van der Waals surface area contributed by atoms with Crippen molar-refractivity contribution in [3.63, 3.8) is 0 Å². The molecule has 1 N–H and O–H groups in total. The molecule has 0 radical (unpaired) electrons. The number of hydrogen-bond donors (Lipinski definition) is 1. The zero-order valence-electron chi connectivity index (χ0n) is 16.1. The second-order valence-electron chi connectivity index (χ2n) is 8.20. The molecule has 1 aromatic rings. The van der Waals surface area contributed by atoms with E-state index < -0.39 is 11.5 Å². The third-order valence-corrected chi connectivity index (χ3v) is 5.23. The molecule has 0 spiro atoms. The number of nitrogens with zero attached hydrogens (tertiary/aromatic N) is 4. The summed E-state index contributed by atoms with van der Waals surface area (Å²) in [6.45, 7) is 8.87. The highest BCUT2D eigenvalue weighted by molar-refractivity contribution is 5.82. The fourth-order valence-electron chi connectivity index (χ4n) is 3.09. The maximum Gasteiger partial charge on any atom is 0.331 e. The lowest BCUT2D eigenvalue weighted by molar-refractivity contribution is -0.154. The monoisotopic (exact) mass is 350 g/mol. The molecule has 0 unspecified atom stereocenters. The number of likely N-dealkylation sites (tertiary alicyclic amines) is 1. The van der Waals surface area contributed by atoms with E-state index >= 15 is 0 Å². The molecule has 25 heavy (non-hydrogen) atoms. The van der Waals surface area contributed by atoms with Crippen molar-refractivity contribution in [1.82, 2.24) is 19.6 Å². The van der Waals surface area contributed by atoms with E-state index in [1.807, 2.05) is 32.0 Å². The van der Waals surface area contributed by atoms with Gasteiger partial charge in [-0.15, -0.1) is 0 Å². The van der Waals surface area contributed by atoms with Gasteiger partial charge in [0.25, 0.3) is 0 Å². The normalized spacial score (nSPS) is 19.1. The van der Waals surface area contributed by atoms with Crippen LogP contribution in [0.15, 0.2) is 12.3 Å². The van der Waals surface area contributed by atoms with Crippen LogP contribution in [0.25, 0.3) is 0 Å². The molecule has 1 aromatic heterocycles. The van der Waals surface area contributed by atoms with E-state index in [9.17, 15) is 14.7 Å². The average molecular weight is 350 g/mol. The number of likely N-dealkylation sites (N-methyl/N-ethyl adjacent to an activating group) is 1. The van der Waals surface area contributed by atoms with Crippen LogP contribution < -0.4 is 0 Å². The Morgan fingerprint density at radius 1 is 1.28 bits per heavy atom. The number of piperidine rings is 1. The molecule has 1 saturated heterocycles. The van der Waals surface area contributed by atoms with Gasteiger partial charge in [-0.25, -0.2) is 4.79 Å². The highest BCUT2D eigenvalue weighted by Gasteiger charge is 2.45. The van der Waals surface area contributed by atoms with Crippen LogP contribution in [0.4, 0.5) is 0 Å². The first-order chi connectivity index (χ1) is 11.5. The number of carbonyl (C=O) groups excluding carboxylic acids is 1. The van der Waals surface area contributed by atoms with E-state index in [0.29, 0.717) is 25.9 Å². The Kier molecular flexibility index (Phi) is 5.27. The lowest BCUT2D eigenvalue weighted by Gasteiger charge is -2.40. The van der Waals surface area contributed by atoms with Crippen LogP contribution in [-0.2, 0) is 20.5 Å². The molecule has 1 atom stereocenters. The van der Waals surface area contributed by atoms with Crippen LogP contribution in [0.3, 0.4) is 0 Å². The quantitative estimate of drug-likeness (QED) is 0.891. The molecule has 2 rings (SSSR count). The number of carboxylic acid groups (broad SMARTS) is 1. The molecular weight excluding hydrogens is 320 g/mol. The van der Waals surface area contributed by atoms with Gasteiger partial charge in [-0.3, -0.25) is 14.4 Å². The van der Waals surface area contributed by atoms with Crippen molar-refractivity contribution in [2.45, 2.75) is 57.5 Å². The van der Waals surface area contributed by atoms with Gasteiger partial charge in [0.15, 0.2) is 5.54 Å². The van der Waals surface area contributed by atoms with Crippen molar-refractivity contribution >= 4 is 11.9 Å². The Balaban J connectivity index is 2.20. The predicted molar refractivity (Wildman–Crippen MR) is 95.5 cm³/mol. The summed E-state index contributed by atoms with van der Waals surface area (Å²) in [6.07, 6.45) is 2.48. The van der Waals surface area contributed by atoms with Gasteiger partial charge < -0.3 is 10.0 Å². The Morgan fingerprint density at radius 2 is 1.84 bits per heavy atom. The van der Waals surface area contributed by atoms with Crippen molar-refractivity contribution in [2.24, 2.45) is 0 Å². The van der Waals surface area contributed by atoms with Gasteiger partial charge in [0.2, 0.25) is 5.91 Å². The van der Waals surface area contributed by atoms with Crippen LogP contribution in [-0.4, -0.2) is 69.8 Å². The standard InChI is InChI=1S/C18H30N4O3/c1-13(20(5)6)15(23)21-11-8-18(9-12-21,16(24)25)22-10-7-14(19-22)17(2,3)4/h7,10,13H,8-9,11-12H2,1-6H3,(H,24,25)/t13-/m1/s1. The minimum atomic E-state index is -1.08. The van der Waals surface area contributed by atoms with Crippen molar-refractivity contribution in [3.8, 4) is 0 Å². The summed E-state index contributed by atoms with van der Waals surface area (Å²) in [5, 5.41) is 14.5. The average Bonchev–Trinajstić information content (AvgIpc) is 3.03. The minimum absolute atomic E-state index is 0.0415. The molecule has 0 aliphatic carbocycles. The fraction of sp³-hybridized carbons (Fsp3) is 0.722. The number of aliphatic carboxylic acids is 1. The molecule has 2 heterocycles. The number of carbonyl (C=O) groups is 2. The van der Waals surface area contributed by atoms with Crippen molar-refractivity contribution in [1.29, 1.82) is 0 Å². The van der Waals surface area contributed by atoms with Gasteiger partial charge in [-0.1, -0.05) is 20.8 Å². The zero-order valence-corrected chi connectivity index (χ0v) is 16.1. The Morgan fingerprint density at radius 3 is 2.24 bits per heavy atom. The number of rotatable bonds is 4. The first-order valence-corrected chi connectivity index (χ1v) is 8.74. The summed E-state index contributed by atoms with van der Waals surface area (Å²) in [7, 11) is 3.73. The zero-order chi connectivity index (χ0) is 19.0. The van der Waals surface area contributed by atoms with Gasteiger partial charge in [0, 0.05) is 37.5 Å². The topological polar surface area (TPSA) is 78.7 Å². The number of amides is 1. The highest BCUT2D eigenvalue weighted by Crippen LogP contribution is 2.32. The first-order valence-electron chi connectivity index (χ1n) is 8.74. The summed E-state index contributed by atoms with van der Waals surface area (Å²) < 4.78 is 1.59. The third kappa shape index (κ3) is 3.71. The van der Waals surface area contributed by atoms with Crippen LogP contribution in [0, 0.1) is 0 Å². The predicted octanol–water partition coefficient (Wildman–Crippen LogP) is 1.53. The van der Waals surface area contributed by atoms with Gasteiger partial charge in [0.1, 0.15) is 0 Å². The first kappa shape index (κ1) is 19.4. The van der Waals surface area contributed by atoms with Crippen molar-refractivity contribution in [2.75, 3.05) is 27.2 Å². The van der Waals surface area contributed by atoms with Crippen LogP contribution in [0.1, 0.15) is 46.2 Å². The van der Waals surface area contributed by atoms with E-state index in [2.05, 4.69) is 25.9 Å². The summed E-state index contributed by atoms with van der Waals surface area (Å²) in [4.78, 5) is 28.2. The van der Waals surface area contributed by atoms with Crippen molar-refractivity contribution < 1.29 is 14.7 Å². The molecule has 1 aliphatic rings. The molecule has 0 saturated carbocycles. The maximum absolute atomic E-state index is 12.5. The van der Waals surface area contributed by atoms with Crippen LogP contribution in [0.5, 0.6) is 0 Å². The Bertz CT molecular complexity index is 637. The number of hydrogen-bond acceptors (Lipinski definition) is 4. The molecule has 140 valence electrons. The van der Waals surface area contributed by atoms with E-state index in [0.717, 1.165) is 5.69 Å². The summed E-state index contributed by atoms with van der Waals surface area (Å²) in [5.74, 6) is -0.844. The van der Waals surface area contributed by atoms with Crippen LogP contribution in [0.2, 0.25) is 0 Å². The largest absolute Gasteiger partial charge is 0.479 e. The van der Waals surface area contributed by atoms with E-state index in [1.54, 1.807) is 15.8 Å². The van der Waals surface area contributed by atoms with E-state index in [1.165, 1.54) is 0 Å². The summed E-state index contributed by atoms with van der Waals surface area (Å²) in [5.41, 5.74) is -0.349. The lowest BCUT2D eigenvalue weighted by atomic mass is 9.87. The third-order valence-electron chi connectivity index (χ3n) is 5.23. The molecule has 1 aliphatic heterocycles. The molecule has 0 bridgehead atoms. The van der Waals surface area contributed by atoms with Gasteiger partial charge >= 0.3 is 5.97 Å². The smallest absolute Gasteiger partial charge is 0.331 e. The molecule has 7 nitrogen and oxygen atoms in total.